The monoisotopic (exact) mass is 758 g/mol. The molecule has 254 valence electrons. The smallest absolute Gasteiger partial charge is 0.236 e. The standard InChI is InChI=1S/C23H13F5N2.C16H9BrF2N2/c24-18-2-1-3-19(25)21(18)22-29-13-12-20(30-22)16-6-4-14(5-7-16)15-8-10-17(11-9-15)23(26,27)28;17-12-6-4-10(5-7-12)11-8-20-16(21-9-11)15-13(18)2-1-3-14(15)19/h1-13H;1-9H. The maximum absolute atomic E-state index is 14.0. The van der Waals surface area contributed by atoms with Gasteiger partial charge in [-0.05, 0) is 71.3 Å². The summed E-state index contributed by atoms with van der Waals surface area (Å²) in [5.41, 5.74) is 2.97. The fourth-order valence-electron chi connectivity index (χ4n) is 5.00. The second kappa shape index (κ2) is 15.0. The summed E-state index contributed by atoms with van der Waals surface area (Å²) in [6, 6.07) is 28.3. The average Bonchev–Trinajstić information content (AvgIpc) is 3.12. The minimum Gasteiger partial charge on any atom is -0.236 e. The minimum atomic E-state index is -4.38. The maximum atomic E-state index is 14.0. The molecule has 0 aliphatic carbocycles. The van der Waals surface area contributed by atoms with Crippen LogP contribution in [0.25, 0.3) is 56.3 Å². The van der Waals surface area contributed by atoms with Gasteiger partial charge in [-0.25, -0.2) is 37.5 Å². The Hall–Kier alpha value is -5.75. The van der Waals surface area contributed by atoms with Crippen LogP contribution in [-0.2, 0) is 6.18 Å². The second-order valence-corrected chi connectivity index (χ2v) is 11.8. The summed E-state index contributed by atoms with van der Waals surface area (Å²) >= 11 is 3.36. The summed E-state index contributed by atoms with van der Waals surface area (Å²) in [6.07, 6.45) is 0.132. The molecule has 0 amide bonds. The molecule has 0 saturated carbocycles. The third kappa shape index (κ3) is 8.18. The molecular formula is C39H22BrF7N4. The van der Waals surface area contributed by atoms with Crippen molar-refractivity contribution in [2.24, 2.45) is 0 Å². The molecule has 7 rings (SSSR count). The van der Waals surface area contributed by atoms with Gasteiger partial charge < -0.3 is 0 Å². The lowest BCUT2D eigenvalue weighted by Gasteiger charge is -2.09. The van der Waals surface area contributed by atoms with Crippen molar-refractivity contribution >= 4 is 15.9 Å². The van der Waals surface area contributed by atoms with Crippen LogP contribution in [0.2, 0.25) is 0 Å². The Morgan fingerprint density at radius 1 is 0.451 bits per heavy atom. The van der Waals surface area contributed by atoms with E-state index in [9.17, 15) is 30.7 Å². The zero-order chi connectivity index (χ0) is 36.1. The summed E-state index contributed by atoms with van der Waals surface area (Å²) in [5, 5.41) is 0. The number of aromatic nitrogens is 4. The topological polar surface area (TPSA) is 51.6 Å². The molecule has 0 aliphatic rings. The van der Waals surface area contributed by atoms with Crippen LogP contribution in [0.15, 0.2) is 138 Å². The Bertz CT molecular complexity index is 2240. The number of halogens is 8. The lowest BCUT2D eigenvalue weighted by molar-refractivity contribution is -0.137. The van der Waals surface area contributed by atoms with Gasteiger partial charge in [0.1, 0.15) is 23.3 Å². The highest BCUT2D eigenvalue weighted by molar-refractivity contribution is 9.10. The van der Waals surface area contributed by atoms with Crippen molar-refractivity contribution in [2.45, 2.75) is 6.18 Å². The van der Waals surface area contributed by atoms with Crippen molar-refractivity contribution in [1.82, 2.24) is 19.9 Å². The van der Waals surface area contributed by atoms with Crippen LogP contribution in [0, 0.1) is 23.3 Å². The summed E-state index contributed by atoms with van der Waals surface area (Å²) < 4.78 is 94.5. The number of hydrogen-bond acceptors (Lipinski definition) is 4. The SMILES string of the molecule is Fc1cccc(F)c1-c1ncc(-c2ccc(Br)cc2)cn1.Fc1cccc(F)c1-c1nccc(-c2ccc(-c3ccc(C(F)(F)F)cc3)cc2)n1. The molecule has 5 aromatic carbocycles. The largest absolute Gasteiger partial charge is 0.416 e. The average molecular weight is 760 g/mol. The third-order valence-electron chi connectivity index (χ3n) is 7.58. The van der Waals surface area contributed by atoms with E-state index in [1.165, 1.54) is 42.6 Å². The summed E-state index contributed by atoms with van der Waals surface area (Å²) in [6.45, 7) is 0. The van der Waals surface area contributed by atoms with Gasteiger partial charge in [0.2, 0.25) is 0 Å². The summed E-state index contributed by atoms with van der Waals surface area (Å²) in [5.74, 6) is -2.91. The van der Waals surface area contributed by atoms with Crippen molar-refractivity contribution in [3.05, 3.63) is 167 Å². The molecule has 2 heterocycles. The van der Waals surface area contributed by atoms with E-state index in [0.29, 0.717) is 16.8 Å². The first-order valence-corrected chi connectivity index (χ1v) is 15.8. The first kappa shape index (κ1) is 35.1. The maximum Gasteiger partial charge on any atom is 0.416 e. The molecule has 0 atom stereocenters. The summed E-state index contributed by atoms with van der Waals surface area (Å²) in [7, 11) is 0. The molecule has 0 bridgehead atoms. The highest BCUT2D eigenvalue weighted by atomic mass is 79.9. The fraction of sp³-hybridized carbons (Fsp3) is 0.0256. The van der Waals surface area contributed by atoms with E-state index in [1.54, 1.807) is 42.7 Å². The molecule has 0 N–H and O–H groups in total. The number of rotatable bonds is 5. The quantitative estimate of drug-likeness (QED) is 0.164. The third-order valence-corrected chi connectivity index (χ3v) is 8.11. The highest BCUT2D eigenvalue weighted by Gasteiger charge is 2.30. The van der Waals surface area contributed by atoms with Gasteiger partial charge >= 0.3 is 6.18 Å². The first-order chi connectivity index (χ1) is 24.5. The zero-order valence-electron chi connectivity index (χ0n) is 26.0. The Morgan fingerprint density at radius 3 is 1.39 bits per heavy atom. The molecule has 51 heavy (non-hydrogen) atoms. The number of alkyl halides is 3. The van der Waals surface area contributed by atoms with Gasteiger partial charge in [0.15, 0.2) is 11.6 Å². The molecule has 0 aliphatic heterocycles. The van der Waals surface area contributed by atoms with E-state index in [4.69, 9.17) is 0 Å². The molecule has 0 radical (unpaired) electrons. The lowest BCUT2D eigenvalue weighted by Crippen LogP contribution is -2.03. The normalized spacial score (nSPS) is 11.1. The molecule has 4 nitrogen and oxygen atoms in total. The van der Waals surface area contributed by atoms with Gasteiger partial charge in [-0.3, -0.25) is 0 Å². The van der Waals surface area contributed by atoms with Crippen LogP contribution >= 0.6 is 15.9 Å². The van der Waals surface area contributed by atoms with Gasteiger partial charge in [0.25, 0.3) is 0 Å². The highest BCUT2D eigenvalue weighted by Crippen LogP contribution is 2.32. The molecule has 7 aromatic rings. The molecule has 2 aromatic heterocycles. The Kier molecular flexibility index (Phi) is 10.3. The molecule has 0 unspecified atom stereocenters. The van der Waals surface area contributed by atoms with E-state index < -0.39 is 35.0 Å². The van der Waals surface area contributed by atoms with Crippen LogP contribution in [0.4, 0.5) is 30.7 Å². The van der Waals surface area contributed by atoms with Crippen molar-refractivity contribution < 1.29 is 30.7 Å². The second-order valence-electron chi connectivity index (χ2n) is 10.9. The molecule has 0 spiro atoms. The van der Waals surface area contributed by atoms with Crippen LogP contribution < -0.4 is 0 Å². The van der Waals surface area contributed by atoms with Crippen LogP contribution in [0.1, 0.15) is 5.56 Å². The number of nitrogens with zero attached hydrogens (tertiary/aromatic N) is 4. The molecule has 12 heteroatoms. The zero-order valence-corrected chi connectivity index (χ0v) is 27.6. The van der Waals surface area contributed by atoms with Crippen molar-refractivity contribution in [3.8, 4) is 56.3 Å². The number of benzene rings is 5. The van der Waals surface area contributed by atoms with Gasteiger partial charge in [-0.1, -0.05) is 76.6 Å². The van der Waals surface area contributed by atoms with Gasteiger partial charge in [0, 0.05) is 34.2 Å². The number of hydrogen-bond donors (Lipinski definition) is 0. The summed E-state index contributed by atoms with van der Waals surface area (Å²) in [4.78, 5) is 16.4. The van der Waals surface area contributed by atoms with Gasteiger partial charge in [-0.15, -0.1) is 0 Å². The van der Waals surface area contributed by atoms with E-state index in [2.05, 4.69) is 35.9 Å². The predicted octanol–water partition coefficient (Wildman–Crippen LogP) is 11.6. The Balaban J connectivity index is 0.000000187. The van der Waals surface area contributed by atoms with E-state index >= 15 is 0 Å². The van der Waals surface area contributed by atoms with Crippen molar-refractivity contribution in [3.63, 3.8) is 0 Å². The minimum absolute atomic E-state index is 0.0338. The van der Waals surface area contributed by atoms with Crippen molar-refractivity contribution in [2.75, 3.05) is 0 Å². The van der Waals surface area contributed by atoms with Gasteiger partial charge in [-0.2, -0.15) is 13.2 Å². The molecule has 0 fully saturated rings. The van der Waals surface area contributed by atoms with Crippen LogP contribution in [0.5, 0.6) is 0 Å². The molecular weight excluding hydrogens is 737 g/mol. The van der Waals surface area contributed by atoms with Crippen molar-refractivity contribution in [1.29, 1.82) is 0 Å². The van der Waals surface area contributed by atoms with E-state index in [1.807, 2.05) is 24.3 Å². The first-order valence-electron chi connectivity index (χ1n) is 15.1. The lowest BCUT2D eigenvalue weighted by atomic mass is 10.0. The predicted molar refractivity (Wildman–Crippen MR) is 184 cm³/mol. The fourth-order valence-corrected chi connectivity index (χ4v) is 5.26. The Morgan fingerprint density at radius 2 is 0.882 bits per heavy atom. The van der Waals surface area contributed by atoms with E-state index in [-0.39, 0.29) is 22.8 Å². The van der Waals surface area contributed by atoms with E-state index in [0.717, 1.165) is 45.4 Å². The van der Waals surface area contributed by atoms with Gasteiger partial charge in [0.05, 0.1) is 22.4 Å². The molecule has 0 saturated heterocycles. The van der Waals surface area contributed by atoms with Crippen LogP contribution in [0.3, 0.4) is 0 Å². The van der Waals surface area contributed by atoms with Crippen LogP contribution in [-0.4, -0.2) is 19.9 Å². The Labute approximate surface area is 295 Å².